The third kappa shape index (κ3) is 3.71. The molecule has 108 valence electrons. The van der Waals surface area contributed by atoms with Crippen LogP contribution in [0.1, 0.15) is 18.9 Å². The number of nitriles is 1. The maximum Gasteiger partial charge on any atom is 0.305 e. The molecule has 0 heterocycles. The number of aryl methyl sites for hydroxylation is 1. The average molecular weight is 296 g/mol. The van der Waals surface area contributed by atoms with Crippen LogP contribution in [0.2, 0.25) is 0 Å². The van der Waals surface area contributed by atoms with E-state index in [9.17, 15) is 13.2 Å². The largest absolute Gasteiger partial charge is 0.481 e. The highest BCUT2D eigenvalue weighted by Crippen LogP contribution is 2.21. The number of anilines is 1. The van der Waals surface area contributed by atoms with Gasteiger partial charge in [-0.3, -0.25) is 9.10 Å². The minimum atomic E-state index is -3.90. The third-order valence-electron chi connectivity index (χ3n) is 2.79. The van der Waals surface area contributed by atoms with Crippen molar-refractivity contribution in [3.63, 3.8) is 0 Å². The summed E-state index contributed by atoms with van der Waals surface area (Å²) in [7, 11) is -3.90. The second kappa shape index (κ2) is 6.39. The van der Waals surface area contributed by atoms with Crippen molar-refractivity contribution in [2.75, 3.05) is 10.8 Å². The minimum absolute atomic E-state index is 0.202. The van der Waals surface area contributed by atoms with E-state index in [1.807, 2.05) is 6.92 Å². The molecule has 1 aromatic rings. The lowest BCUT2D eigenvalue weighted by Crippen LogP contribution is -2.38. The molecule has 1 atom stereocenters. The molecular weight excluding hydrogens is 280 g/mol. The van der Waals surface area contributed by atoms with Crippen LogP contribution in [-0.2, 0) is 14.8 Å². The van der Waals surface area contributed by atoms with Gasteiger partial charge in [0.25, 0.3) is 10.0 Å². The van der Waals surface area contributed by atoms with Crippen molar-refractivity contribution in [2.24, 2.45) is 0 Å². The van der Waals surface area contributed by atoms with Crippen LogP contribution in [0, 0.1) is 18.3 Å². The standard InChI is InChI=1S/C13H16N2O4S/c1-10-3-5-12(6-4-10)15(8-7-13(16)17)20(18,19)11(2)9-14/h3-6,11H,7-8H2,1-2H3,(H,16,17). The van der Waals surface area contributed by atoms with E-state index >= 15 is 0 Å². The number of sulfonamides is 1. The van der Waals surface area contributed by atoms with Crippen LogP contribution in [0.4, 0.5) is 5.69 Å². The molecule has 1 rings (SSSR count). The van der Waals surface area contributed by atoms with E-state index in [1.165, 1.54) is 6.92 Å². The Morgan fingerprint density at radius 3 is 2.40 bits per heavy atom. The molecule has 20 heavy (non-hydrogen) atoms. The van der Waals surface area contributed by atoms with Gasteiger partial charge in [-0.05, 0) is 26.0 Å². The van der Waals surface area contributed by atoms with Gasteiger partial charge in [0, 0.05) is 6.54 Å². The second-order valence-electron chi connectivity index (χ2n) is 4.37. The molecule has 0 spiro atoms. The number of carboxylic acid groups (broad SMARTS) is 1. The van der Waals surface area contributed by atoms with Gasteiger partial charge in [0.05, 0.1) is 18.2 Å². The number of rotatable bonds is 6. The molecule has 0 fully saturated rings. The second-order valence-corrected chi connectivity index (χ2v) is 6.55. The predicted molar refractivity (Wildman–Crippen MR) is 74.8 cm³/mol. The molecule has 0 aliphatic heterocycles. The fourth-order valence-electron chi connectivity index (χ4n) is 1.57. The number of hydrogen-bond acceptors (Lipinski definition) is 4. The summed E-state index contributed by atoms with van der Waals surface area (Å²) in [5.41, 5.74) is 1.32. The van der Waals surface area contributed by atoms with Gasteiger partial charge in [0.1, 0.15) is 0 Å². The summed E-state index contributed by atoms with van der Waals surface area (Å²) in [5.74, 6) is -1.10. The molecular formula is C13H16N2O4S. The van der Waals surface area contributed by atoms with Gasteiger partial charge in [-0.2, -0.15) is 5.26 Å². The van der Waals surface area contributed by atoms with Gasteiger partial charge < -0.3 is 5.11 Å². The molecule has 0 aliphatic carbocycles. The highest BCUT2D eigenvalue weighted by atomic mass is 32.2. The topological polar surface area (TPSA) is 98.5 Å². The molecule has 0 bridgehead atoms. The van der Waals surface area contributed by atoms with Gasteiger partial charge in [-0.25, -0.2) is 8.42 Å². The summed E-state index contributed by atoms with van der Waals surface area (Å²) in [6.45, 7) is 2.93. The normalized spacial score (nSPS) is 12.4. The Hall–Kier alpha value is -2.07. The number of aliphatic carboxylic acids is 1. The van der Waals surface area contributed by atoms with Gasteiger partial charge >= 0.3 is 5.97 Å². The first-order chi connectivity index (χ1) is 9.28. The van der Waals surface area contributed by atoms with E-state index in [0.717, 1.165) is 9.87 Å². The summed E-state index contributed by atoms with van der Waals surface area (Å²) in [5, 5.41) is 16.3. The molecule has 1 unspecified atom stereocenters. The van der Waals surface area contributed by atoms with Crippen LogP contribution >= 0.6 is 0 Å². The molecule has 7 heteroatoms. The first-order valence-electron chi connectivity index (χ1n) is 5.98. The molecule has 1 aromatic carbocycles. The van der Waals surface area contributed by atoms with Crippen molar-refractivity contribution in [1.29, 1.82) is 5.26 Å². The van der Waals surface area contributed by atoms with Crippen molar-refractivity contribution in [2.45, 2.75) is 25.5 Å². The zero-order chi connectivity index (χ0) is 15.3. The first kappa shape index (κ1) is 16.0. The van der Waals surface area contributed by atoms with Crippen LogP contribution in [0.25, 0.3) is 0 Å². The van der Waals surface area contributed by atoms with Crippen LogP contribution in [0.5, 0.6) is 0 Å². The molecule has 0 radical (unpaired) electrons. The molecule has 0 saturated heterocycles. The van der Waals surface area contributed by atoms with Gasteiger partial charge in [-0.1, -0.05) is 17.7 Å². The Bertz CT molecular complexity index is 617. The summed E-state index contributed by atoms with van der Waals surface area (Å²) in [6, 6.07) is 8.33. The maximum absolute atomic E-state index is 12.3. The van der Waals surface area contributed by atoms with Gasteiger partial charge in [0.15, 0.2) is 5.25 Å². The Kier molecular flexibility index (Phi) is 5.11. The lowest BCUT2D eigenvalue weighted by Gasteiger charge is -2.25. The van der Waals surface area contributed by atoms with Crippen molar-refractivity contribution in [1.82, 2.24) is 0 Å². The highest BCUT2D eigenvalue weighted by molar-refractivity contribution is 7.93. The Morgan fingerprint density at radius 2 is 1.95 bits per heavy atom. The van der Waals surface area contributed by atoms with Crippen molar-refractivity contribution in [3.05, 3.63) is 29.8 Å². The van der Waals surface area contributed by atoms with E-state index in [0.29, 0.717) is 5.69 Å². The fraction of sp³-hybridized carbons (Fsp3) is 0.385. The molecule has 0 aromatic heterocycles. The number of benzene rings is 1. The quantitative estimate of drug-likeness (QED) is 0.858. The van der Waals surface area contributed by atoms with E-state index in [2.05, 4.69) is 0 Å². The van der Waals surface area contributed by atoms with Gasteiger partial charge in [0.2, 0.25) is 0 Å². The lowest BCUT2D eigenvalue weighted by molar-refractivity contribution is -0.136. The fourth-order valence-corrected chi connectivity index (χ4v) is 2.85. The van der Waals surface area contributed by atoms with Crippen molar-refractivity contribution < 1.29 is 18.3 Å². The summed E-state index contributed by atoms with van der Waals surface area (Å²) >= 11 is 0. The van der Waals surface area contributed by atoms with Crippen LogP contribution in [0.15, 0.2) is 24.3 Å². The van der Waals surface area contributed by atoms with E-state index < -0.39 is 21.2 Å². The van der Waals surface area contributed by atoms with Crippen molar-refractivity contribution in [3.8, 4) is 6.07 Å². The predicted octanol–water partition coefficient (Wildman–Crippen LogP) is 1.52. The molecule has 0 amide bonds. The molecule has 6 nitrogen and oxygen atoms in total. The SMILES string of the molecule is Cc1ccc(N(CCC(=O)O)S(=O)(=O)C(C)C#N)cc1. The first-order valence-corrected chi connectivity index (χ1v) is 7.49. The van der Waals surface area contributed by atoms with Crippen LogP contribution < -0.4 is 4.31 Å². The van der Waals surface area contributed by atoms with Crippen LogP contribution in [-0.4, -0.2) is 31.3 Å². The lowest BCUT2D eigenvalue weighted by atomic mass is 10.2. The zero-order valence-corrected chi connectivity index (χ0v) is 12.1. The van der Waals surface area contributed by atoms with Gasteiger partial charge in [-0.15, -0.1) is 0 Å². The van der Waals surface area contributed by atoms with E-state index in [1.54, 1.807) is 30.3 Å². The Balaban J connectivity index is 3.18. The van der Waals surface area contributed by atoms with E-state index in [4.69, 9.17) is 10.4 Å². The highest BCUT2D eigenvalue weighted by Gasteiger charge is 2.29. The molecule has 1 N–H and O–H groups in total. The number of nitrogens with zero attached hydrogens (tertiary/aromatic N) is 2. The number of carboxylic acids is 1. The Labute approximate surface area is 118 Å². The van der Waals surface area contributed by atoms with E-state index in [-0.39, 0.29) is 13.0 Å². The monoisotopic (exact) mass is 296 g/mol. The third-order valence-corrected chi connectivity index (χ3v) is 4.79. The summed E-state index contributed by atoms with van der Waals surface area (Å²) in [4.78, 5) is 10.7. The van der Waals surface area contributed by atoms with Crippen molar-refractivity contribution >= 4 is 21.7 Å². The number of carbonyl (C=O) groups is 1. The minimum Gasteiger partial charge on any atom is -0.481 e. The van der Waals surface area contributed by atoms with Crippen LogP contribution in [0.3, 0.4) is 0 Å². The Morgan fingerprint density at radius 1 is 1.40 bits per heavy atom. The number of hydrogen-bond donors (Lipinski definition) is 1. The maximum atomic E-state index is 12.3. The smallest absolute Gasteiger partial charge is 0.305 e. The molecule has 0 saturated carbocycles. The summed E-state index contributed by atoms with van der Waals surface area (Å²) in [6.07, 6.45) is -0.328. The zero-order valence-electron chi connectivity index (χ0n) is 11.3. The molecule has 0 aliphatic rings. The summed E-state index contributed by atoms with van der Waals surface area (Å²) < 4.78 is 25.5. The average Bonchev–Trinajstić information content (AvgIpc) is 2.39.